The molecule has 2 aromatic heterocycles. The molecule has 1 saturated heterocycles. The Balaban J connectivity index is 1.87. The quantitative estimate of drug-likeness (QED) is 0.804. The maximum atomic E-state index is 4.50. The molecular weight excluding hydrogens is 224 g/mol. The number of hydrogen-bond donors (Lipinski definition) is 0. The Morgan fingerprint density at radius 2 is 2.00 bits per heavy atom. The van der Waals surface area contributed by atoms with Crippen LogP contribution < -0.4 is 4.90 Å². The van der Waals surface area contributed by atoms with Crippen molar-refractivity contribution in [1.29, 1.82) is 0 Å². The fraction of sp³-hybridized carbons (Fsp3) is 0.500. The molecule has 18 heavy (non-hydrogen) atoms. The van der Waals surface area contributed by atoms with Crippen LogP contribution in [-0.4, -0.2) is 47.0 Å². The van der Waals surface area contributed by atoms with Gasteiger partial charge in [-0.05, 0) is 31.2 Å². The fourth-order valence-corrected chi connectivity index (χ4v) is 2.60. The van der Waals surface area contributed by atoms with Crippen LogP contribution in [-0.2, 0) is 0 Å². The molecule has 4 nitrogen and oxygen atoms in total. The van der Waals surface area contributed by atoms with Crippen LogP contribution in [0.15, 0.2) is 24.5 Å². The molecule has 2 aromatic rings. The first-order valence-corrected chi connectivity index (χ1v) is 6.69. The van der Waals surface area contributed by atoms with Crippen LogP contribution in [0.4, 0.5) is 5.82 Å². The summed E-state index contributed by atoms with van der Waals surface area (Å²) in [5.74, 6) is 1.22. The van der Waals surface area contributed by atoms with E-state index < -0.39 is 0 Å². The van der Waals surface area contributed by atoms with Crippen LogP contribution in [0.5, 0.6) is 0 Å². The predicted molar refractivity (Wildman–Crippen MR) is 74.3 cm³/mol. The average molecular weight is 244 g/mol. The smallest absolute Gasteiger partial charge is 0.138 e. The molecule has 3 heterocycles. The van der Waals surface area contributed by atoms with Crippen molar-refractivity contribution >= 4 is 11.5 Å². The third kappa shape index (κ3) is 1.97. The van der Waals surface area contributed by atoms with Gasteiger partial charge in [-0.1, -0.05) is 6.92 Å². The van der Waals surface area contributed by atoms with Crippen molar-refractivity contribution in [1.82, 2.24) is 14.3 Å². The number of aromatic nitrogens is 2. The number of imidazole rings is 1. The summed E-state index contributed by atoms with van der Waals surface area (Å²) in [7, 11) is 0. The Hall–Kier alpha value is -1.55. The summed E-state index contributed by atoms with van der Waals surface area (Å²) in [6.07, 6.45) is 4.12. The molecule has 0 bridgehead atoms. The van der Waals surface area contributed by atoms with E-state index in [9.17, 15) is 0 Å². The second kappa shape index (κ2) is 4.61. The normalized spacial score (nSPS) is 17.6. The first kappa shape index (κ1) is 11.5. The van der Waals surface area contributed by atoms with E-state index in [0.29, 0.717) is 0 Å². The SMILES string of the molecule is CCN1CCN(c2cnc3cc(C)ccn23)CC1. The zero-order valence-corrected chi connectivity index (χ0v) is 11.1. The van der Waals surface area contributed by atoms with Crippen molar-refractivity contribution in [2.24, 2.45) is 0 Å². The molecule has 0 aliphatic carbocycles. The first-order chi connectivity index (χ1) is 8.78. The zero-order chi connectivity index (χ0) is 12.5. The second-order valence-corrected chi connectivity index (χ2v) is 4.97. The number of pyridine rings is 1. The highest BCUT2D eigenvalue weighted by Crippen LogP contribution is 2.19. The molecule has 1 aliphatic rings. The summed E-state index contributed by atoms with van der Waals surface area (Å²) in [5, 5.41) is 0. The summed E-state index contributed by atoms with van der Waals surface area (Å²) in [4.78, 5) is 9.42. The number of hydrogen-bond acceptors (Lipinski definition) is 3. The topological polar surface area (TPSA) is 23.8 Å². The van der Waals surface area contributed by atoms with Crippen molar-refractivity contribution in [3.63, 3.8) is 0 Å². The minimum Gasteiger partial charge on any atom is -0.354 e. The summed E-state index contributed by atoms with van der Waals surface area (Å²) in [6, 6.07) is 4.27. The molecule has 0 N–H and O–H groups in total. The highest BCUT2D eigenvalue weighted by Gasteiger charge is 2.18. The fourth-order valence-electron chi connectivity index (χ4n) is 2.60. The van der Waals surface area contributed by atoms with Gasteiger partial charge in [-0.25, -0.2) is 4.98 Å². The number of nitrogens with zero attached hydrogens (tertiary/aromatic N) is 4. The average Bonchev–Trinajstić information content (AvgIpc) is 2.81. The first-order valence-electron chi connectivity index (χ1n) is 6.69. The highest BCUT2D eigenvalue weighted by molar-refractivity contribution is 5.53. The van der Waals surface area contributed by atoms with E-state index in [1.54, 1.807) is 0 Å². The van der Waals surface area contributed by atoms with E-state index >= 15 is 0 Å². The maximum Gasteiger partial charge on any atom is 0.138 e. The second-order valence-electron chi connectivity index (χ2n) is 4.97. The van der Waals surface area contributed by atoms with Gasteiger partial charge >= 0.3 is 0 Å². The summed E-state index contributed by atoms with van der Waals surface area (Å²) < 4.78 is 2.19. The lowest BCUT2D eigenvalue weighted by atomic mass is 10.3. The van der Waals surface area contributed by atoms with Gasteiger partial charge in [-0.2, -0.15) is 0 Å². The molecule has 0 unspecified atom stereocenters. The molecule has 4 heteroatoms. The minimum atomic E-state index is 1.04. The van der Waals surface area contributed by atoms with Crippen molar-refractivity contribution < 1.29 is 0 Å². The Morgan fingerprint density at radius 3 is 2.72 bits per heavy atom. The Kier molecular flexibility index (Phi) is 2.96. The Labute approximate surface area is 108 Å². The monoisotopic (exact) mass is 244 g/mol. The lowest BCUT2D eigenvalue weighted by molar-refractivity contribution is 0.270. The van der Waals surface area contributed by atoms with E-state index in [4.69, 9.17) is 0 Å². The summed E-state index contributed by atoms with van der Waals surface area (Å²) in [5.41, 5.74) is 2.30. The van der Waals surface area contributed by atoms with Gasteiger partial charge in [-0.3, -0.25) is 4.40 Å². The van der Waals surface area contributed by atoms with E-state index in [0.717, 1.165) is 38.4 Å². The van der Waals surface area contributed by atoms with Gasteiger partial charge in [-0.15, -0.1) is 0 Å². The van der Waals surface area contributed by atoms with Gasteiger partial charge in [0.2, 0.25) is 0 Å². The molecule has 1 aliphatic heterocycles. The number of rotatable bonds is 2. The molecular formula is C14H20N4. The molecule has 0 radical (unpaired) electrons. The van der Waals surface area contributed by atoms with Crippen molar-refractivity contribution in [2.75, 3.05) is 37.6 Å². The van der Waals surface area contributed by atoms with E-state index in [1.807, 2.05) is 6.20 Å². The van der Waals surface area contributed by atoms with Gasteiger partial charge in [0.05, 0.1) is 6.20 Å². The van der Waals surface area contributed by atoms with Gasteiger partial charge in [0.25, 0.3) is 0 Å². The largest absolute Gasteiger partial charge is 0.354 e. The zero-order valence-electron chi connectivity index (χ0n) is 11.1. The molecule has 96 valence electrons. The van der Waals surface area contributed by atoms with Crippen LogP contribution in [0.1, 0.15) is 12.5 Å². The van der Waals surface area contributed by atoms with Crippen LogP contribution in [0.25, 0.3) is 5.65 Å². The molecule has 0 amide bonds. The summed E-state index contributed by atoms with van der Waals surface area (Å²) in [6.45, 7) is 9.97. The third-order valence-electron chi connectivity index (χ3n) is 3.79. The number of piperazine rings is 1. The van der Waals surface area contributed by atoms with E-state index in [1.165, 1.54) is 11.4 Å². The molecule has 3 rings (SSSR count). The maximum absolute atomic E-state index is 4.50. The molecule has 0 aromatic carbocycles. The molecule has 0 spiro atoms. The minimum absolute atomic E-state index is 1.04. The summed E-state index contributed by atoms with van der Waals surface area (Å²) >= 11 is 0. The molecule has 0 saturated carbocycles. The van der Waals surface area contributed by atoms with Gasteiger partial charge in [0, 0.05) is 32.4 Å². The van der Waals surface area contributed by atoms with Crippen LogP contribution >= 0.6 is 0 Å². The van der Waals surface area contributed by atoms with Gasteiger partial charge in [0.15, 0.2) is 0 Å². The van der Waals surface area contributed by atoms with Crippen LogP contribution in [0.2, 0.25) is 0 Å². The standard InChI is InChI=1S/C14H20N4/c1-3-16-6-8-17(9-7-16)14-11-15-13-10-12(2)4-5-18(13)14/h4-5,10-11H,3,6-9H2,1-2H3. The van der Waals surface area contributed by atoms with E-state index in [2.05, 4.69) is 51.4 Å². The van der Waals surface area contributed by atoms with Crippen LogP contribution in [0.3, 0.4) is 0 Å². The predicted octanol–water partition coefficient (Wildman–Crippen LogP) is 1.78. The number of aryl methyl sites for hydroxylation is 1. The lowest BCUT2D eigenvalue weighted by Crippen LogP contribution is -2.46. The molecule has 1 fully saturated rings. The number of fused-ring (bicyclic) bond motifs is 1. The van der Waals surface area contributed by atoms with Crippen molar-refractivity contribution in [3.05, 3.63) is 30.1 Å². The van der Waals surface area contributed by atoms with Gasteiger partial charge < -0.3 is 9.80 Å². The van der Waals surface area contributed by atoms with Gasteiger partial charge in [0.1, 0.15) is 11.5 Å². The van der Waals surface area contributed by atoms with Crippen molar-refractivity contribution in [2.45, 2.75) is 13.8 Å². The number of likely N-dealkylation sites (N-methyl/N-ethyl adjacent to an activating group) is 1. The van der Waals surface area contributed by atoms with Crippen molar-refractivity contribution in [3.8, 4) is 0 Å². The highest BCUT2D eigenvalue weighted by atomic mass is 15.3. The van der Waals surface area contributed by atoms with Crippen LogP contribution in [0, 0.1) is 6.92 Å². The third-order valence-corrected chi connectivity index (χ3v) is 3.79. The Morgan fingerprint density at radius 1 is 1.22 bits per heavy atom. The molecule has 0 atom stereocenters. The lowest BCUT2D eigenvalue weighted by Gasteiger charge is -2.34. The Bertz CT molecular complexity index is 538. The van der Waals surface area contributed by atoms with E-state index in [-0.39, 0.29) is 0 Å². The number of anilines is 1.